The van der Waals surface area contributed by atoms with Gasteiger partial charge in [0.05, 0.1) is 46.1 Å². The molecule has 3 aliphatic rings. The standard InChI is InChI=1S/C15H18N2O.C15H16N2S.C10H16N2O.C10H15NOS.C9H13NO.C9H12OS2/c1-15(2,3)10-12-14(18)17(4)13(16-12)11-8-6-5-7-9-11;1-10-5-6-12-13(7-10)18-14(17-12)11(9-16)8-15(2,3)4;1-7-11-8(6-10(2,3)4)9(13)12(7)5;1-7-11(5)9(12)8(13-7)6-10(2,3)4;1-7(11)8(6-10)5-9(2,3)4;1-9(2,3)5-7-6(10)4-8(11)12-7/h5-10H,1-4H3;5-8H,1-4H3;6H,1-5H3;6H,1H2,2-5H3;5H,1-4H3;5H,4H2,1-3H3/b12-10-;11-8+;8-6-;8-6+;8-5+;7-5-. The summed E-state index contributed by atoms with van der Waals surface area (Å²) in [7, 11) is 5.25. The number of aliphatic imine (C=N–C) groups is 2. The van der Waals surface area contributed by atoms with Crippen molar-refractivity contribution >= 4 is 114 Å². The number of ketones is 2. The molecule has 17 heteroatoms. The molecule has 13 nitrogen and oxygen atoms in total. The van der Waals surface area contributed by atoms with Gasteiger partial charge in [-0.25, -0.2) is 15.0 Å². The van der Waals surface area contributed by atoms with E-state index in [-0.39, 0.29) is 67.0 Å². The molecule has 0 atom stereocenters. The second kappa shape index (κ2) is 30.5. The fourth-order valence-corrected chi connectivity index (χ4v) is 10.9. The highest BCUT2D eigenvalue weighted by Crippen LogP contribution is 2.34. The van der Waals surface area contributed by atoms with Crippen LogP contribution < -0.4 is 14.8 Å². The number of benzene rings is 2. The number of thiazole rings is 2. The van der Waals surface area contributed by atoms with Crippen LogP contribution in [0.25, 0.3) is 28.4 Å². The lowest BCUT2D eigenvalue weighted by Gasteiger charge is -2.13. The molecule has 85 heavy (non-hydrogen) atoms. The minimum Gasteiger partial charge on any atom is -0.303 e. The topological polar surface area (TPSA) is 182 Å². The van der Waals surface area contributed by atoms with Gasteiger partial charge >= 0.3 is 0 Å². The Hall–Kier alpha value is -6.76. The van der Waals surface area contributed by atoms with E-state index in [0.29, 0.717) is 23.4 Å². The van der Waals surface area contributed by atoms with Crippen molar-refractivity contribution in [2.24, 2.45) is 49.5 Å². The van der Waals surface area contributed by atoms with Gasteiger partial charge in [-0.3, -0.25) is 33.8 Å². The van der Waals surface area contributed by atoms with E-state index in [2.05, 4.69) is 144 Å². The van der Waals surface area contributed by atoms with Crippen LogP contribution in [0.2, 0.25) is 0 Å². The number of nitrogens with zero attached hydrogens (tertiary/aromatic N) is 8. The number of hydrogen-bond acceptors (Lipinski definition) is 14. The van der Waals surface area contributed by atoms with Crippen LogP contribution >= 0.6 is 46.7 Å². The van der Waals surface area contributed by atoms with Gasteiger partial charge in [-0.1, -0.05) is 216 Å². The van der Waals surface area contributed by atoms with Crippen LogP contribution in [-0.2, 0) is 26.2 Å². The van der Waals surface area contributed by atoms with Crippen molar-refractivity contribution in [3.63, 3.8) is 0 Å². The van der Waals surface area contributed by atoms with Crippen LogP contribution in [0.1, 0.15) is 161 Å². The lowest BCUT2D eigenvalue weighted by atomic mass is 9.93. The first kappa shape index (κ1) is 74.3. The minimum atomic E-state index is -0.164. The second-order valence-electron chi connectivity index (χ2n) is 27.3. The van der Waals surface area contributed by atoms with Crippen LogP contribution in [0.4, 0.5) is 0 Å². The molecule has 0 bridgehead atoms. The van der Waals surface area contributed by atoms with Gasteiger partial charge < -0.3 is 4.57 Å². The molecule has 5 heterocycles. The lowest BCUT2D eigenvalue weighted by Crippen LogP contribution is -2.29. The van der Waals surface area contributed by atoms with Gasteiger partial charge in [0.1, 0.15) is 40.2 Å². The Kier molecular flexibility index (Phi) is 26.7. The minimum absolute atomic E-state index is 0.0000463. The maximum absolute atomic E-state index is 12.1. The van der Waals surface area contributed by atoms with Crippen molar-refractivity contribution in [3.05, 3.63) is 136 Å². The number of thiocarbonyl (C=S) groups is 1. The molecule has 2 aromatic carbocycles. The number of Topliss-reactive ketones (excluding diaryl/α,β-unsaturated/α-hetero) is 2. The van der Waals surface area contributed by atoms with Crippen LogP contribution in [-0.4, -0.2) is 72.7 Å². The zero-order chi connectivity index (χ0) is 65.5. The lowest BCUT2D eigenvalue weighted by molar-refractivity contribution is -0.122. The summed E-state index contributed by atoms with van der Waals surface area (Å²) in [6.07, 6.45) is 11.9. The van der Waals surface area contributed by atoms with E-state index < -0.39 is 0 Å². The molecule has 4 aromatic rings. The van der Waals surface area contributed by atoms with Crippen molar-refractivity contribution < 1.29 is 19.2 Å². The number of thioether (sulfide) groups is 1. The van der Waals surface area contributed by atoms with Gasteiger partial charge in [-0.15, -0.1) is 22.7 Å². The Balaban J connectivity index is 0.000000352. The van der Waals surface area contributed by atoms with E-state index >= 15 is 0 Å². The smallest absolute Gasteiger partial charge is 0.277 e. The van der Waals surface area contributed by atoms with E-state index in [1.807, 2.05) is 107 Å². The van der Waals surface area contributed by atoms with Crippen LogP contribution in [0.15, 0.2) is 116 Å². The van der Waals surface area contributed by atoms with Crippen LogP contribution in [0, 0.1) is 62.1 Å². The highest BCUT2D eigenvalue weighted by Gasteiger charge is 2.30. The summed E-state index contributed by atoms with van der Waals surface area (Å²) in [6, 6.07) is 20.1. The average Bonchev–Trinajstić information content (AvgIpc) is 3.91. The maximum atomic E-state index is 12.1. The Morgan fingerprint density at radius 1 is 0.659 bits per heavy atom. The van der Waals surface area contributed by atoms with E-state index in [4.69, 9.17) is 17.5 Å². The normalized spacial score (nSPS) is 16.7. The van der Waals surface area contributed by atoms with Crippen molar-refractivity contribution in [2.75, 3.05) is 14.1 Å². The van der Waals surface area contributed by atoms with Gasteiger partial charge in [0.2, 0.25) is 0 Å². The maximum Gasteiger partial charge on any atom is 0.277 e. The second-order valence-corrected chi connectivity index (χ2v) is 31.3. The van der Waals surface area contributed by atoms with E-state index in [1.165, 1.54) is 35.6 Å². The predicted octanol–water partition coefficient (Wildman–Crippen LogP) is 14.9. The average molecular weight is 1230 g/mol. The number of carbonyl (C=O) groups excluding carboxylic acids is 4. The Labute approximate surface area is 524 Å². The highest BCUT2D eigenvalue weighted by molar-refractivity contribution is 8.27. The first-order valence-corrected chi connectivity index (χ1v) is 30.7. The third-order valence-electron chi connectivity index (χ3n) is 11.1. The molecular formula is C68H90N8O5S4. The first-order chi connectivity index (χ1) is 38.6. The zero-order valence-electron chi connectivity index (χ0n) is 54.7. The number of aromatic nitrogens is 2. The zero-order valence-corrected chi connectivity index (χ0v) is 58.0. The third-order valence-corrected chi connectivity index (χ3v) is 14.5. The molecule has 0 saturated carbocycles. The van der Waals surface area contributed by atoms with E-state index in [9.17, 15) is 29.2 Å². The largest absolute Gasteiger partial charge is 0.303 e. The fourth-order valence-electron chi connectivity index (χ4n) is 7.28. The number of carbonyl (C=O) groups is 4. The molecule has 7 rings (SSSR count). The summed E-state index contributed by atoms with van der Waals surface area (Å²) in [5.41, 5.74) is 5.16. The quantitative estimate of drug-likeness (QED) is 0.109. The fraction of sp³-hybridized carbons (Fsp3) is 0.456. The van der Waals surface area contributed by atoms with Crippen LogP contribution in [0.3, 0.4) is 0 Å². The van der Waals surface area contributed by atoms with Gasteiger partial charge in [-0.05, 0) is 83.1 Å². The summed E-state index contributed by atoms with van der Waals surface area (Å²) in [6.45, 7) is 46.0. The molecule has 0 aliphatic carbocycles. The van der Waals surface area contributed by atoms with Gasteiger partial charge in [-0.2, -0.15) is 10.5 Å². The number of aryl methyl sites for hydroxylation is 1. The molecule has 1 saturated heterocycles. The van der Waals surface area contributed by atoms with Crippen molar-refractivity contribution in [1.82, 2.24) is 19.4 Å². The van der Waals surface area contributed by atoms with Crippen LogP contribution in [0.5, 0.6) is 0 Å². The first-order valence-electron chi connectivity index (χ1n) is 27.8. The summed E-state index contributed by atoms with van der Waals surface area (Å²) in [4.78, 5) is 74.4. The SMILES string of the molecule is C=c1s/c(=C/C(C)(C)C)c(=O)n1C.CC(=O)/C(C#N)=C/C(C)(C)C.CC(C)(C)/C=C1\SC(=S)CC1=O.CC1=N/C(=C\C(C)(C)C)C(=O)N1C.CN1C(=O)/C(=C/C(C)(C)C)N=C1c1ccccc1.Cc1ccc2nc(/C(C#N)=C/C(C)(C)C)sc2c1. The number of fused-ring (bicyclic) bond motifs is 1. The molecule has 2 aromatic heterocycles. The van der Waals surface area contributed by atoms with Crippen molar-refractivity contribution in [1.29, 1.82) is 10.5 Å². The summed E-state index contributed by atoms with van der Waals surface area (Å²) >= 11 is 9.44. The number of hydrogen-bond donors (Lipinski definition) is 0. The molecule has 2 amide bonds. The molecular weight excluding hydrogens is 1140 g/mol. The monoisotopic (exact) mass is 1230 g/mol. The number of amides is 2. The summed E-state index contributed by atoms with van der Waals surface area (Å²) in [5, 5.41) is 18.6. The molecule has 0 radical (unpaired) electrons. The van der Waals surface area contributed by atoms with Crippen molar-refractivity contribution in [2.45, 2.75) is 152 Å². The van der Waals surface area contributed by atoms with E-state index in [1.54, 1.807) is 52.9 Å². The van der Waals surface area contributed by atoms with E-state index in [0.717, 1.165) is 50.8 Å². The Morgan fingerprint density at radius 2 is 1.16 bits per heavy atom. The summed E-state index contributed by atoms with van der Waals surface area (Å²) in [5.74, 6) is 1.45. The number of amidine groups is 2. The van der Waals surface area contributed by atoms with Gasteiger partial charge in [0, 0.05) is 26.7 Å². The number of nitriles is 2. The Morgan fingerprint density at radius 3 is 1.55 bits per heavy atom. The number of rotatable bonds is 3. The van der Waals surface area contributed by atoms with Gasteiger partial charge in [0.15, 0.2) is 11.6 Å². The number of likely N-dealkylation sites (N-methyl/N-ethyl adjacent to an activating group) is 2. The highest BCUT2D eigenvalue weighted by atomic mass is 32.2. The third kappa shape index (κ3) is 26.6. The molecule has 456 valence electrons. The predicted molar refractivity (Wildman–Crippen MR) is 364 cm³/mol. The summed E-state index contributed by atoms with van der Waals surface area (Å²) < 4.78 is 5.12. The molecule has 0 N–H and O–H groups in total. The van der Waals surface area contributed by atoms with Crippen molar-refractivity contribution in [3.8, 4) is 12.1 Å². The van der Waals surface area contributed by atoms with Gasteiger partial charge in [0.25, 0.3) is 17.4 Å². The number of allylic oxidation sites excluding steroid dienone is 8. The molecule has 0 unspecified atom stereocenters. The Bertz CT molecular complexity index is 3620. The molecule has 3 aliphatic heterocycles. The molecule has 0 spiro atoms. The molecule has 1 fully saturated rings.